The minimum Gasteiger partial charge on any atom is -0.485 e. The Morgan fingerprint density at radius 2 is 1.68 bits per heavy atom. The molecule has 31 heavy (non-hydrogen) atoms. The minimum atomic E-state index is -0.517. The van der Waals surface area contributed by atoms with Gasteiger partial charge in [0.1, 0.15) is 17.5 Å². The lowest BCUT2D eigenvalue weighted by Gasteiger charge is -2.43. The van der Waals surface area contributed by atoms with Crippen molar-refractivity contribution in [1.29, 1.82) is 0 Å². The smallest absolute Gasteiger partial charge is 0.410 e. The highest BCUT2D eigenvalue weighted by Gasteiger charge is 2.40. The van der Waals surface area contributed by atoms with Gasteiger partial charge >= 0.3 is 6.09 Å². The second-order valence-electron chi connectivity index (χ2n) is 8.87. The average molecular weight is 458 g/mol. The molecule has 4 rings (SSSR count). The van der Waals surface area contributed by atoms with E-state index in [9.17, 15) is 4.79 Å². The van der Waals surface area contributed by atoms with Crippen LogP contribution in [0.2, 0.25) is 10.0 Å². The second-order valence-corrected chi connectivity index (χ2v) is 9.68. The maximum absolute atomic E-state index is 12.4. The van der Waals surface area contributed by atoms with Crippen LogP contribution in [0.5, 0.6) is 5.75 Å². The summed E-state index contributed by atoms with van der Waals surface area (Å²) in [5, 5.41) is 3.24. The number of carbonyl (C=O) groups is 1. The summed E-state index contributed by atoms with van der Waals surface area (Å²) in [5.74, 6) is 0.770. The number of ether oxygens (including phenoxy) is 2. The fourth-order valence-corrected chi connectivity index (χ4v) is 3.99. The van der Waals surface area contributed by atoms with E-state index >= 15 is 0 Å². The first-order valence-electron chi connectivity index (χ1n) is 10.3. The van der Waals surface area contributed by atoms with Gasteiger partial charge in [-0.05, 0) is 55.3 Å². The van der Waals surface area contributed by atoms with E-state index < -0.39 is 5.60 Å². The van der Waals surface area contributed by atoms with E-state index in [-0.39, 0.29) is 18.1 Å². The Kier molecular flexibility index (Phi) is 6.05. The first kappa shape index (κ1) is 21.8. The minimum absolute atomic E-state index is 0.128. The largest absolute Gasteiger partial charge is 0.485 e. The van der Waals surface area contributed by atoms with Crippen LogP contribution in [-0.2, 0) is 4.74 Å². The summed E-state index contributed by atoms with van der Waals surface area (Å²) in [6, 6.07) is 19.8. The maximum Gasteiger partial charge on any atom is 0.410 e. The van der Waals surface area contributed by atoms with E-state index in [0.29, 0.717) is 28.9 Å². The Hall–Kier alpha value is -2.43. The number of carbonyl (C=O) groups excluding carboxylic acids is 1. The van der Waals surface area contributed by atoms with Gasteiger partial charge in [0.15, 0.2) is 0 Å². The zero-order valence-electron chi connectivity index (χ0n) is 17.8. The van der Waals surface area contributed by atoms with E-state index in [0.717, 1.165) is 10.9 Å². The number of fused-ring (bicyclic) bond motifs is 1. The molecule has 1 aliphatic heterocycles. The molecule has 3 aromatic rings. The lowest BCUT2D eigenvalue weighted by Crippen LogP contribution is -2.54. The molecule has 0 saturated carbocycles. The third-order valence-electron chi connectivity index (χ3n) is 5.25. The number of hydrogen-bond donors (Lipinski definition) is 0. The van der Waals surface area contributed by atoms with Crippen molar-refractivity contribution in [3.8, 4) is 5.75 Å². The molecule has 1 atom stereocenters. The standard InChI is InChI=1S/C25H25Cl2NO3/c1-25(2,3)31-24(29)28-14-19(15-28)23(30-20-10-11-21(26)22(27)13-20)18-9-8-16-6-4-5-7-17(16)12-18/h4-13,19,23H,14-15H2,1-3H3. The number of rotatable bonds is 4. The van der Waals surface area contributed by atoms with Crippen LogP contribution in [0.3, 0.4) is 0 Å². The van der Waals surface area contributed by atoms with Crippen molar-refractivity contribution in [2.45, 2.75) is 32.5 Å². The Morgan fingerprint density at radius 3 is 2.35 bits per heavy atom. The molecule has 162 valence electrons. The lowest BCUT2D eigenvalue weighted by atomic mass is 9.88. The first-order valence-corrected chi connectivity index (χ1v) is 11.0. The number of halogens is 2. The Labute approximate surface area is 192 Å². The molecule has 6 heteroatoms. The molecule has 0 aliphatic carbocycles. The van der Waals surface area contributed by atoms with E-state index in [4.69, 9.17) is 32.7 Å². The number of amides is 1. The van der Waals surface area contributed by atoms with Gasteiger partial charge < -0.3 is 14.4 Å². The summed E-state index contributed by atoms with van der Waals surface area (Å²) < 4.78 is 11.9. The van der Waals surface area contributed by atoms with Crippen LogP contribution in [0.15, 0.2) is 60.7 Å². The van der Waals surface area contributed by atoms with Gasteiger partial charge in [0.05, 0.1) is 10.0 Å². The van der Waals surface area contributed by atoms with Gasteiger partial charge in [0.2, 0.25) is 0 Å². The molecule has 0 spiro atoms. The molecule has 0 radical (unpaired) electrons. The monoisotopic (exact) mass is 457 g/mol. The molecule has 1 unspecified atom stereocenters. The quantitative estimate of drug-likeness (QED) is 0.417. The molecule has 0 bridgehead atoms. The Balaban J connectivity index is 1.58. The molecule has 0 N–H and O–H groups in total. The SMILES string of the molecule is CC(C)(C)OC(=O)N1CC(C(Oc2ccc(Cl)c(Cl)c2)c2ccc3ccccc3c2)C1. The number of nitrogens with zero attached hydrogens (tertiary/aromatic N) is 1. The highest BCUT2D eigenvalue weighted by Crippen LogP contribution is 2.37. The molecule has 0 aromatic heterocycles. The summed E-state index contributed by atoms with van der Waals surface area (Å²) >= 11 is 12.3. The van der Waals surface area contributed by atoms with Gasteiger partial charge in [-0.1, -0.05) is 59.6 Å². The van der Waals surface area contributed by atoms with Crippen molar-refractivity contribution < 1.29 is 14.3 Å². The molecular weight excluding hydrogens is 433 g/mol. The third kappa shape index (κ3) is 5.08. The van der Waals surface area contributed by atoms with Crippen molar-refractivity contribution in [2.75, 3.05) is 13.1 Å². The van der Waals surface area contributed by atoms with Crippen LogP contribution in [-0.4, -0.2) is 29.7 Å². The molecule has 1 aliphatic rings. The summed E-state index contributed by atoms with van der Waals surface area (Å²) in [6.07, 6.45) is -0.531. The van der Waals surface area contributed by atoms with Gasteiger partial charge in [0.25, 0.3) is 0 Å². The van der Waals surface area contributed by atoms with Crippen molar-refractivity contribution in [3.63, 3.8) is 0 Å². The summed E-state index contributed by atoms with van der Waals surface area (Å²) in [4.78, 5) is 14.1. The van der Waals surface area contributed by atoms with Crippen LogP contribution >= 0.6 is 23.2 Å². The van der Waals surface area contributed by atoms with Crippen molar-refractivity contribution in [3.05, 3.63) is 76.3 Å². The van der Waals surface area contributed by atoms with Gasteiger partial charge in [-0.3, -0.25) is 0 Å². The van der Waals surface area contributed by atoms with Crippen LogP contribution in [0, 0.1) is 5.92 Å². The van der Waals surface area contributed by atoms with E-state index in [1.807, 2.05) is 39.0 Å². The van der Waals surface area contributed by atoms with Crippen LogP contribution in [0.25, 0.3) is 10.8 Å². The van der Waals surface area contributed by atoms with Crippen molar-refractivity contribution in [1.82, 2.24) is 4.90 Å². The normalized spacial score (nSPS) is 15.5. The predicted molar refractivity (Wildman–Crippen MR) is 125 cm³/mol. The molecule has 4 nitrogen and oxygen atoms in total. The number of hydrogen-bond acceptors (Lipinski definition) is 3. The van der Waals surface area contributed by atoms with Crippen LogP contribution in [0.1, 0.15) is 32.4 Å². The zero-order chi connectivity index (χ0) is 22.2. The highest BCUT2D eigenvalue weighted by atomic mass is 35.5. The second kappa shape index (κ2) is 8.60. The lowest BCUT2D eigenvalue weighted by molar-refractivity contribution is -0.0254. The summed E-state index contributed by atoms with van der Waals surface area (Å²) in [5.41, 5.74) is 0.537. The topological polar surface area (TPSA) is 38.8 Å². The van der Waals surface area contributed by atoms with E-state index in [1.165, 1.54) is 5.39 Å². The first-order chi connectivity index (χ1) is 14.7. The van der Waals surface area contributed by atoms with E-state index in [1.54, 1.807) is 17.0 Å². The highest BCUT2D eigenvalue weighted by molar-refractivity contribution is 6.42. The average Bonchev–Trinajstić information content (AvgIpc) is 2.67. The fourth-order valence-electron chi connectivity index (χ4n) is 3.70. The Bertz CT molecular complexity index is 1100. The fraction of sp³-hybridized carbons (Fsp3) is 0.320. The maximum atomic E-state index is 12.4. The van der Waals surface area contributed by atoms with Crippen LogP contribution < -0.4 is 4.74 Å². The molecule has 1 saturated heterocycles. The van der Waals surface area contributed by atoms with Gasteiger partial charge in [-0.2, -0.15) is 0 Å². The summed E-state index contributed by atoms with van der Waals surface area (Å²) in [7, 11) is 0. The predicted octanol–water partition coefficient (Wildman–Crippen LogP) is 7.13. The van der Waals surface area contributed by atoms with Gasteiger partial charge in [0, 0.05) is 25.1 Å². The van der Waals surface area contributed by atoms with Crippen molar-refractivity contribution >= 4 is 40.1 Å². The van der Waals surface area contributed by atoms with Crippen LogP contribution in [0.4, 0.5) is 4.79 Å². The van der Waals surface area contributed by atoms with E-state index in [2.05, 4.69) is 30.3 Å². The Morgan fingerprint density at radius 1 is 0.968 bits per heavy atom. The molecule has 1 fully saturated rings. The number of likely N-dealkylation sites (tertiary alicyclic amines) is 1. The summed E-state index contributed by atoms with van der Waals surface area (Å²) in [6.45, 7) is 6.73. The zero-order valence-corrected chi connectivity index (χ0v) is 19.3. The van der Waals surface area contributed by atoms with Gasteiger partial charge in [-0.15, -0.1) is 0 Å². The third-order valence-corrected chi connectivity index (χ3v) is 5.98. The molecular formula is C25H25Cl2NO3. The molecule has 1 heterocycles. The molecule has 3 aromatic carbocycles. The number of benzene rings is 3. The van der Waals surface area contributed by atoms with Crippen molar-refractivity contribution in [2.24, 2.45) is 5.92 Å². The van der Waals surface area contributed by atoms with Gasteiger partial charge in [-0.25, -0.2) is 4.79 Å². The molecule has 1 amide bonds.